The first-order chi connectivity index (χ1) is 5.58. The molecule has 0 aliphatic rings. The zero-order chi connectivity index (χ0) is 9.19. The Kier molecular flexibility index (Phi) is 2.45. The van der Waals surface area contributed by atoms with E-state index in [4.69, 9.17) is 10.8 Å². The highest BCUT2D eigenvalue weighted by molar-refractivity contribution is 5.28. The van der Waals surface area contributed by atoms with Gasteiger partial charge in [-0.2, -0.15) is 0 Å². The van der Waals surface area contributed by atoms with Crippen molar-refractivity contribution in [1.29, 1.82) is 0 Å². The summed E-state index contributed by atoms with van der Waals surface area (Å²) in [5.74, 6) is 0. The van der Waals surface area contributed by atoms with Crippen LogP contribution in [-0.4, -0.2) is 16.7 Å². The Morgan fingerprint density at radius 2 is 2.33 bits per heavy atom. The molecule has 0 saturated heterocycles. The fraction of sp³-hybridized carbons (Fsp3) is 0.444. The lowest BCUT2D eigenvalue weighted by molar-refractivity contribution is 0.209. The Bertz CT molecular complexity index is 271. The van der Waals surface area contributed by atoms with Crippen LogP contribution in [0.15, 0.2) is 18.5 Å². The van der Waals surface area contributed by atoms with Gasteiger partial charge in [-0.05, 0) is 31.0 Å². The van der Waals surface area contributed by atoms with E-state index >= 15 is 0 Å². The van der Waals surface area contributed by atoms with Crippen molar-refractivity contribution in [2.75, 3.05) is 6.61 Å². The van der Waals surface area contributed by atoms with Crippen molar-refractivity contribution in [3.05, 3.63) is 29.6 Å². The van der Waals surface area contributed by atoms with Crippen molar-refractivity contribution in [2.24, 2.45) is 5.73 Å². The number of nitrogens with zero attached hydrogens (tertiary/aromatic N) is 1. The number of pyridine rings is 1. The summed E-state index contributed by atoms with van der Waals surface area (Å²) in [5, 5.41) is 9.02. The van der Waals surface area contributed by atoms with Gasteiger partial charge in [0.1, 0.15) is 0 Å². The third kappa shape index (κ3) is 1.62. The standard InChI is InChI=1S/C9H14N2O/c1-7-3-4-11-5-8(7)9(2,10)6-12/h3-5,12H,6,10H2,1-2H3/t9-/m1/s1. The lowest BCUT2D eigenvalue weighted by Gasteiger charge is -2.23. The molecule has 0 spiro atoms. The van der Waals surface area contributed by atoms with Crippen molar-refractivity contribution in [3.8, 4) is 0 Å². The van der Waals surface area contributed by atoms with Gasteiger partial charge in [0.25, 0.3) is 0 Å². The summed E-state index contributed by atoms with van der Waals surface area (Å²) in [4.78, 5) is 3.97. The lowest BCUT2D eigenvalue weighted by atomic mass is 9.92. The number of hydrogen-bond acceptors (Lipinski definition) is 3. The van der Waals surface area contributed by atoms with E-state index < -0.39 is 5.54 Å². The van der Waals surface area contributed by atoms with Crippen molar-refractivity contribution >= 4 is 0 Å². The van der Waals surface area contributed by atoms with Crippen molar-refractivity contribution in [1.82, 2.24) is 4.98 Å². The molecule has 0 aliphatic heterocycles. The zero-order valence-electron chi connectivity index (χ0n) is 7.41. The molecule has 0 amide bonds. The van der Waals surface area contributed by atoms with E-state index in [1.807, 2.05) is 13.0 Å². The van der Waals surface area contributed by atoms with Crippen LogP contribution in [-0.2, 0) is 5.54 Å². The minimum Gasteiger partial charge on any atom is -0.394 e. The van der Waals surface area contributed by atoms with E-state index in [0.29, 0.717) is 0 Å². The molecule has 1 rings (SSSR count). The normalized spacial score (nSPS) is 15.7. The van der Waals surface area contributed by atoms with Crippen LogP contribution in [0.1, 0.15) is 18.1 Å². The fourth-order valence-corrected chi connectivity index (χ4v) is 1.15. The van der Waals surface area contributed by atoms with Crippen LogP contribution < -0.4 is 5.73 Å². The van der Waals surface area contributed by atoms with E-state index in [1.165, 1.54) is 0 Å². The first-order valence-corrected chi connectivity index (χ1v) is 3.89. The maximum Gasteiger partial charge on any atom is 0.0651 e. The first kappa shape index (κ1) is 9.16. The molecule has 66 valence electrons. The van der Waals surface area contributed by atoms with E-state index in [2.05, 4.69) is 4.98 Å². The van der Waals surface area contributed by atoms with Crippen molar-refractivity contribution < 1.29 is 5.11 Å². The molecule has 1 aromatic heterocycles. The molecule has 0 radical (unpaired) electrons. The minimum atomic E-state index is -0.682. The van der Waals surface area contributed by atoms with Gasteiger partial charge < -0.3 is 10.8 Å². The van der Waals surface area contributed by atoms with Crippen molar-refractivity contribution in [3.63, 3.8) is 0 Å². The molecule has 0 saturated carbocycles. The maximum absolute atomic E-state index is 9.02. The van der Waals surface area contributed by atoms with Gasteiger partial charge in [0, 0.05) is 12.4 Å². The second kappa shape index (κ2) is 3.21. The number of hydrogen-bond donors (Lipinski definition) is 2. The SMILES string of the molecule is Cc1ccncc1[C@](C)(N)CO. The quantitative estimate of drug-likeness (QED) is 0.674. The Balaban J connectivity index is 3.10. The van der Waals surface area contributed by atoms with Crippen LogP contribution in [0.4, 0.5) is 0 Å². The highest BCUT2D eigenvalue weighted by Crippen LogP contribution is 2.19. The van der Waals surface area contributed by atoms with Crippen molar-refractivity contribution in [2.45, 2.75) is 19.4 Å². The molecule has 0 bridgehead atoms. The molecular formula is C9H14N2O. The van der Waals surface area contributed by atoms with Crippen LogP contribution in [0.25, 0.3) is 0 Å². The van der Waals surface area contributed by atoms with E-state index in [0.717, 1.165) is 11.1 Å². The van der Waals surface area contributed by atoms with Crippen LogP contribution in [0.5, 0.6) is 0 Å². The first-order valence-electron chi connectivity index (χ1n) is 3.89. The second-order valence-electron chi connectivity index (χ2n) is 3.27. The molecule has 1 aromatic rings. The molecule has 0 aliphatic carbocycles. The molecule has 3 heteroatoms. The summed E-state index contributed by atoms with van der Waals surface area (Å²) in [6.45, 7) is 3.67. The van der Waals surface area contributed by atoms with Crippen LogP contribution >= 0.6 is 0 Å². The Morgan fingerprint density at radius 1 is 1.67 bits per heavy atom. The molecule has 0 fully saturated rings. The molecule has 0 aromatic carbocycles. The number of aliphatic hydroxyl groups is 1. The molecule has 1 atom stereocenters. The van der Waals surface area contributed by atoms with E-state index in [-0.39, 0.29) is 6.61 Å². The van der Waals surface area contributed by atoms with Gasteiger partial charge in [-0.15, -0.1) is 0 Å². The van der Waals surface area contributed by atoms with Gasteiger partial charge in [-0.1, -0.05) is 0 Å². The maximum atomic E-state index is 9.02. The molecule has 0 unspecified atom stereocenters. The fourth-order valence-electron chi connectivity index (χ4n) is 1.15. The van der Waals surface area contributed by atoms with Crippen LogP contribution in [0, 0.1) is 6.92 Å². The summed E-state index contributed by atoms with van der Waals surface area (Å²) in [6.07, 6.45) is 3.41. The lowest BCUT2D eigenvalue weighted by Crippen LogP contribution is -2.37. The van der Waals surface area contributed by atoms with Gasteiger partial charge in [-0.25, -0.2) is 0 Å². The minimum absolute atomic E-state index is 0.0699. The van der Waals surface area contributed by atoms with Crippen LogP contribution in [0.2, 0.25) is 0 Å². The number of aryl methyl sites for hydroxylation is 1. The van der Waals surface area contributed by atoms with Gasteiger partial charge >= 0.3 is 0 Å². The third-order valence-electron chi connectivity index (χ3n) is 1.98. The summed E-state index contributed by atoms with van der Waals surface area (Å²) in [5.41, 5.74) is 7.12. The predicted molar refractivity (Wildman–Crippen MR) is 47.6 cm³/mol. The average molecular weight is 166 g/mol. The number of nitrogens with two attached hydrogens (primary N) is 1. The van der Waals surface area contributed by atoms with E-state index in [9.17, 15) is 0 Å². The van der Waals surface area contributed by atoms with Crippen LogP contribution in [0.3, 0.4) is 0 Å². The Morgan fingerprint density at radius 3 is 2.83 bits per heavy atom. The smallest absolute Gasteiger partial charge is 0.0651 e. The number of aliphatic hydroxyl groups excluding tert-OH is 1. The summed E-state index contributed by atoms with van der Waals surface area (Å²) >= 11 is 0. The van der Waals surface area contributed by atoms with Gasteiger partial charge in [0.15, 0.2) is 0 Å². The molecule has 1 heterocycles. The molecule has 3 nitrogen and oxygen atoms in total. The Labute approximate surface area is 72.2 Å². The average Bonchev–Trinajstić information content (AvgIpc) is 2.05. The highest BCUT2D eigenvalue weighted by Gasteiger charge is 2.21. The highest BCUT2D eigenvalue weighted by atomic mass is 16.3. The predicted octanol–water partition coefficient (Wildman–Crippen LogP) is 0.556. The Hall–Kier alpha value is -0.930. The molecule has 3 N–H and O–H groups in total. The molecular weight excluding hydrogens is 152 g/mol. The summed E-state index contributed by atoms with van der Waals surface area (Å²) < 4.78 is 0. The second-order valence-corrected chi connectivity index (χ2v) is 3.27. The van der Waals surface area contributed by atoms with Gasteiger partial charge in [-0.3, -0.25) is 4.98 Å². The topological polar surface area (TPSA) is 59.1 Å². The monoisotopic (exact) mass is 166 g/mol. The zero-order valence-corrected chi connectivity index (χ0v) is 7.41. The summed E-state index contributed by atoms with van der Waals surface area (Å²) in [7, 11) is 0. The molecule has 12 heavy (non-hydrogen) atoms. The van der Waals surface area contributed by atoms with E-state index in [1.54, 1.807) is 19.3 Å². The number of aromatic nitrogens is 1. The largest absolute Gasteiger partial charge is 0.394 e. The number of rotatable bonds is 2. The third-order valence-corrected chi connectivity index (χ3v) is 1.98. The van der Waals surface area contributed by atoms with Gasteiger partial charge in [0.05, 0.1) is 12.1 Å². The van der Waals surface area contributed by atoms with Gasteiger partial charge in [0.2, 0.25) is 0 Å². The summed E-state index contributed by atoms with van der Waals surface area (Å²) in [6, 6.07) is 1.89.